The van der Waals surface area contributed by atoms with E-state index in [0.29, 0.717) is 5.56 Å². The summed E-state index contributed by atoms with van der Waals surface area (Å²) < 4.78 is 27.0. The van der Waals surface area contributed by atoms with Crippen molar-refractivity contribution in [2.24, 2.45) is 5.41 Å². The van der Waals surface area contributed by atoms with E-state index in [-0.39, 0.29) is 22.6 Å². The third-order valence-corrected chi connectivity index (χ3v) is 6.59. The summed E-state index contributed by atoms with van der Waals surface area (Å²) in [6.07, 6.45) is 5.29. The molecule has 5 nitrogen and oxygen atoms in total. The molecule has 1 aromatic rings. The van der Waals surface area contributed by atoms with E-state index in [0.717, 1.165) is 37.0 Å². The molecular weight excluding hydrogens is 310 g/mol. The van der Waals surface area contributed by atoms with Crippen molar-refractivity contribution in [1.82, 2.24) is 4.72 Å². The number of aromatic carboxylic acids is 1. The standard InChI is InChI=1S/C14H21NO4S2/c1-14(5-3-2-4-6-14)10-21(18,19)15-8-11-7-12(13(16)17)20-9-11/h7,9,15H,2-6,8,10H2,1H3,(H,16,17). The van der Waals surface area contributed by atoms with Crippen molar-refractivity contribution in [3.05, 3.63) is 21.9 Å². The lowest BCUT2D eigenvalue weighted by atomic mass is 9.77. The second-order valence-corrected chi connectivity index (χ2v) is 8.79. The fraction of sp³-hybridized carbons (Fsp3) is 0.643. The third-order valence-electron chi connectivity index (χ3n) is 3.96. The Morgan fingerprint density at radius 1 is 1.38 bits per heavy atom. The number of carboxylic acid groups (broad SMARTS) is 1. The van der Waals surface area contributed by atoms with Gasteiger partial charge in [0.15, 0.2) is 0 Å². The lowest BCUT2D eigenvalue weighted by Gasteiger charge is -2.33. The smallest absolute Gasteiger partial charge is 0.345 e. The van der Waals surface area contributed by atoms with E-state index in [2.05, 4.69) is 4.72 Å². The highest BCUT2D eigenvalue weighted by Crippen LogP contribution is 2.36. The van der Waals surface area contributed by atoms with Crippen LogP contribution in [0.25, 0.3) is 0 Å². The largest absolute Gasteiger partial charge is 0.477 e. The summed E-state index contributed by atoms with van der Waals surface area (Å²) in [5, 5.41) is 10.5. The van der Waals surface area contributed by atoms with Crippen molar-refractivity contribution in [2.45, 2.75) is 45.6 Å². The van der Waals surface area contributed by atoms with Gasteiger partial charge in [-0.15, -0.1) is 11.3 Å². The van der Waals surface area contributed by atoms with Gasteiger partial charge >= 0.3 is 5.97 Å². The summed E-state index contributed by atoms with van der Waals surface area (Å²) in [6, 6.07) is 1.51. The van der Waals surface area contributed by atoms with Gasteiger partial charge in [-0.2, -0.15) is 0 Å². The van der Waals surface area contributed by atoms with Crippen LogP contribution in [0.5, 0.6) is 0 Å². The number of thiophene rings is 1. The van der Waals surface area contributed by atoms with Crippen LogP contribution in [0.2, 0.25) is 0 Å². The van der Waals surface area contributed by atoms with E-state index in [1.165, 1.54) is 12.5 Å². The molecule has 1 saturated carbocycles. The molecule has 21 heavy (non-hydrogen) atoms. The van der Waals surface area contributed by atoms with Crippen molar-refractivity contribution in [1.29, 1.82) is 0 Å². The SMILES string of the molecule is CC1(CS(=O)(=O)NCc2csc(C(=O)O)c2)CCCCC1. The van der Waals surface area contributed by atoms with Gasteiger partial charge in [0.2, 0.25) is 10.0 Å². The van der Waals surface area contributed by atoms with Crippen LogP contribution < -0.4 is 4.72 Å². The predicted molar refractivity (Wildman–Crippen MR) is 83.1 cm³/mol. The van der Waals surface area contributed by atoms with Crippen LogP contribution in [0.3, 0.4) is 0 Å². The highest BCUT2D eigenvalue weighted by molar-refractivity contribution is 7.89. The molecular formula is C14H21NO4S2. The minimum Gasteiger partial charge on any atom is -0.477 e. The van der Waals surface area contributed by atoms with Crippen LogP contribution in [0, 0.1) is 5.41 Å². The molecule has 1 fully saturated rings. The zero-order valence-electron chi connectivity index (χ0n) is 12.1. The second-order valence-electron chi connectivity index (χ2n) is 6.08. The Morgan fingerprint density at radius 2 is 2.05 bits per heavy atom. The first-order valence-electron chi connectivity index (χ1n) is 7.08. The number of carboxylic acids is 1. The van der Waals surface area contributed by atoms with E-state index in [1.54, 1.807) is 5.38 Å². The first kappa shape index (κ1) is 16.5. The molecule has 0 radical (unpaired) electrons. The van der Waals surface area contributed by atoms with Crippen LogP contribution in [-0.2, 0) is 16.6 Å². The zero-order chi connectivity index (χ0) is 15.5. The Hall–Kier alpha value is -0.920. The minimum absolute atomic E-state index is 0.134. The van der Waals surface area contributed by atoms with E-state index < -0.39 is 16.0 Å². The summed E-state index contributed by atoms with van der Waals surface area (Å²) in [6.45, 7) is 2.20. The fourth-order valence-electron chi connectivity index (χ4n) is 2.83. The topological polar surface area (TPSA) is 83.5 Å². The summed E-state index contributed by atoms with van der Waals surface area (Å²) in [7, 11) is -3.34. The van der Waals surface area contributed by atoms with Gasteiger partial charge in [0.1, 0.15) is 4.88 Å². The Bertz CT molecular complexity index is 600. The summed E-state index contributed by atoms with van der Waals surface area (Å²) in [5.74, 6) is -0.834. The van der Waals surface area contributed by atoms with Crippen molar-refractivity contribution in [2.75, 3.05) is 5.75 Å². The van der Waals surface area contributed by atoms with Gasteiger partial charge in [0, 0.05) is 6.54 Å². The van der Waals surface area contributed by atoms with E-state index >= 15 is 0 Å². The maximum absolute atomic E-state index is 12.2. The van der Waals surface area contributed by atoms with Gasteiger partial charge in [-0.05, 0) is 35.3 Å². The highest BCUT2D eigenvalue weighted by atomic mass is 32.2. The molecule has 1 aliphatic carbocycles. The molecule has 118 valence electrons. The van der Waals surface area contributed by atoms with Crippen molar-refractivity contribution in [3.63, 3.8) is 0 Å². The Balaban J connectivity index is 1.92. The Kier molecular flexibility index (Phi) is 5.06. The van der Waals surface area contributed by atoms with Gasteiger partial charge in [-0.3, -0.25) is 0 Å². The predicted octanol–water partition coefficient (Wildman–Crippen LogP) is 2.84. The fourth-order valence-corrected chi connectivity index (χ4v) is 5.28. The van der Waals surface area contributed by atoms with Crippen LogP contribution in [0.1, 0.15) is 54.3 Å². The number of carbonyl (C=O) groups is 1. The maximum Gasteiger partial charge on any atom is 0.345 e. The molecule has 0 aromatic carbocycles. The molecule has 1 aliphatic rings. The molecule has 7 heteroatoms. The molecule has 0 saturated heterocycles. The first-order valence-corrected chi connectivity index (χ1v) is 9.61. The molecule has 2 rings (SSSR count). The summed E-state index contributed by atoms with van der Waals surface area (Å²) in [5.41, 5.74) is 0.556. The normalized spacial score (nSPS) is 18.5. The van der Waals surface area contributed by atoms with Crippen molar-refractivity contribution < 1.29 is 18.3 Å². The number of nitrogens with one attached hydrogen (secondary N) is 1. The minimum atomic E-state index is -3.34. The quantitative estimate of drug-likeness (QED) is 0.839. The number of hydrogen-bond acceptors (Lipinski definition) is 4. The Labute approximate surface area is 129 Å². The summed E-state index contributed by atoms with van der Waals surface area (Å²) >= 11 is 1.11. The van der Waals surface area contributed by atoms with Gasteiger partial charge in [0.05, 0.1) is 5.75 Å². The zero-order valence-corrected chi connectivity index (χ0v) is 13.7. The van der Waals surface area contributed by atoms with Crippen LogP contribution in [0.15, 0.2) is 11.4 Å². The molecule has 0 spiro atoms. The van der Waals surface area contributed by atoms with Crippen LogP contribution >= 0.6 is 11.3 Å². The van der Waals surface area contributed by atoms with E-state index in [1.807, 2.05) is 6.92 Å². The molecule has 0 bridgehead atoms. The molecule has 0 unspecified atom stereocenters. The highest BCUT2D eigenvalue weighted by Gasteiger charge is 2.32. The monoisotopic (exact) mass is 331 g/mol. The summed E-state index contributed by atoms with van der Waals surface area (Å²) in [4.78, 5) is 11.0. The van der Waals surface area contributed by atoms with Crippen molar-refractivity contribution in [3.8, 4) is 0 Å². The lowest BCUT2D eigenvalue weighted by Crippen LogP contribution is -2.36. The van der Waals surface area contributed by atoms with Gasteiger partial charge in [-0.25, -0.2) is 17.9 Å². The molecule has 1 aromatic heterocycles. The third kappa shape index (κ3) is 4.79. The second kappa shape index (κ2) is 6.46. The van der Waals surface area contributed by atoms with Gasteiger partial charge in [0.25, 0.3) is 0 Å². The number of rotatable bonds is 6. The molecule has 1 heterocycles. The maximum atomic E-state index is 12.2. The Morgan fingerprint density at radius 3 is 2.62 bits per heavy atom. The number of sulfonamides is 1. The average molecular weight is 331 g/mol. The first-order chi connectivity index (χ1) is 9.80. The van der Waals surface area contributed by atoms with Gasteiger partial charge in [-0.1, -0.05) is 26.2 Å². The van der Waals surface area contributed by atoms with E-state index in [4.69, 9.17) is 5.11 Å². The van der Waals surface area contributed by atoms with E-state index in [9.17, 15) is 13.2 Å². The number of hydrogen-bond donors (Lipinski definition) is 2. The average Bonchev–Trinajstić information content (AvgIpc) is 2.85. The lowest BCUT2D eigenvalue weighted by molar-refractivity contribution is 0.0702. The van der Waals surface area contributed by atoms with Crippen molar-refractivity contribution >= 4 is 27.3 Å². The van der Waals surface area contributed by atoms with Crippen LogP contribution in [-0.4, -0.2) is 25.2 Å². The molecule has 2 N–H and O–H groups in total. The van der Waals surface area contributed by atoms with Crippen LogP contribution in [0.4, 0.5) is 0 Å². The molecule has 0 amide bonds. The van der Waals surface area contributed by atoms with Gasteiger partial charge < -0.3 is 5.11 Å². The molecule has 0 aliphatic heterocycles. The molecule has 0 atom stereocenters.